The summed E-state index contributed by atoms with van der Waals surface area (Å²) in [4.78, 5) is 16.1. The van der Waals surface area contributed by atoms with E-state index in [4.69, 9.17) is 9.72 Å². The number of hydrogen-bond acceptors (Lipinski definition) is 7. The van der Waals surface area contributed by atoms with Crippen LogP contribution in [0.2, 0.25) is 0 Å². The van der Waals surface area contributed by atoms with Crippen LogP contribution in [0.1, 0.15) is 32.1 Å². The van der Waals surface area contributed by atoms with Gasteiger partial charge in [0.2, 0.25) is 0 Å². The van der Waals surface area contributed by atoms with E-state index in [0.717, 1.165) is 43.1 Å². The molecule has 4 atom stereocenters. The number of halogens is 2. The maximum Gasteiger partial charge on any atom is 0.319 e. The van der Waals surface area contributed by atoms with Crippen LogP contribution in [0.3, 0.4) is 0 Å². The molecule has 4 aromatic rings. The highest BCUT2D eigenvalue weighted by Gasteiger charge is 2.56. The summed E-state index contributed by atoms with van der Waals surface area (Å²) in [5.41, 5.74) is 0.865. The monoisotopic (exact) mass is 542 g/mol. The maximum atomic E-state index is 16.4. The van der Waals surface area contributed by atoms with E-state index in [2.05, 4.69) is 25.5 Å². The van der Waals surface area contributed by atoms with E-state index in [0.29, 0.717) is 42.2 Å². The summed E-state index contributed by atoms with van der Waals surface area (Å²) in [5, 5.41) is 9.56. The Labute approximate surface area is 231 Å². The van der Waals surface area contributed by atoms with Gasteiger partial charge in [0.1, 0.15) is 29.8 Å². The summed E-state index contributed by atoms with van der Waals surface area (Å²) in [6.45, 7) is 3.32. The zero-order valence-corrected chi connectivity index (χ0v) is 22.3. The molecule has 3 aliphatic heterocycles. The third-order valence-electron chi connectivity index (χ3n) is 9.71. The van der Waals surface area contributed by atoms with Crippen LogP contribution in [-0.2, 0) is 0 Å². The van der Waals surface area contributed by atoms with Crippen LogP contribution < -0.4 is 15.4 Å². The first-order chi connectivity index (χ1) is 19.5. The van der Waals surface area contributed by atoms with Gasteiger partial charge in [-0.2, -0.15) is 9.97 Å². The van der Waals surface area contributed by atoms with Crippen LogP contribution in [0, 0.1) is 11.7 Å². The lowest BCUT2D eigenvalue weighted by molar-refractivity contribution is 0.107. The highest BCUT2D eigenvalue weighted by atomic mass is 19.1. The second-order valence-electron chi connectivity index (χ2n) is 12.1. The number of ether oxygens (including phenoxy) is 1. The number of alkyl halides is 1. The molecule has 0 amide bonds. The Kier molecular flexibility index (Phi) is 5.51. The lowest BCUT2D eigenvalue weighted by Gasteiger charge is -2.30. The molecule has 5 heterocycles. The summed E-state index contributed by atoms with van der Waals surface area (Å²) in [6.07, 6.45) is 5.47. The number of rotatable bonds is 7. The zero-order chi connectivity index (χ0) is 26.9. The van der Waals surface area contributed by atoms with E-state index in [-0.39, 0.29) is 34.9 Å². The fourth-order valence-electron chi connectivity index (χ4n) is 7.49. The molecule has 4 fully saturated rings. The molecule has 1 aliphatic carbocycles. The molecule has 206 valence electrons. The highest BCUT2D eigenvalue weighted by Crippen LogP contribution is 2.49. The topological polar surface area (TPSA) is 75.2 Å². The number of nitrogens with zero attached hydrogens (tertiary/aromatic N) is 4. The minimum Gasteiger partial charge on any atom is -0.461 e. The van der Waals surface area contributed by atoms with Crippen molar-refractivity contribution in [3.63, 3.8) is 0 Å². The van der Waals surface area contributed by atoms with Crippen LogP contribution >= 0.6 is 0 Å². The lowest BCUT2D eigenvalue weighted by Crippen LogP contribution is -2.43. The van der Waals surface area contributed by atoms with Gasteiger partial charge < -0.3 is 15.4 Å². The van der Waals surface area contributed by atoms with Gasteiger partial charge in [0.05, 0.1) is 10.9 Å². The number of aromatic nitrogens is 3. The van der Waals surface area contributed by atoms with Gasteiger partial charge in [0.15, 0.2) is 5.82 Å². The molecule has 8 rings (SSSR count). The number of hydrogen-bond donors (Lipinski definition) is 2. The van der Waals surface area contributed by atoms with Crippen LogP contribution in [0.4, 0.5) is 14.6 Å². The molecule has 40 heavy (non-hydrogen) atoms. The SMILES string of the molecule is Fc1c(-c2cccc3ccccc23)ncc2c(NC[C@]34C[C@H]3CCN4)nc(OC[C@@]34CCCN3C[C@H](F)C4)nc12. The molecule has 1 saturated carbocycles. The number of nitrogens with one attached hydrogen (secondary N) is 2. The van der Waals surface area contributed by atoms with E-state index < -0.39 is 12.0 Å². The molecule has 0 spiro atoms. The average Bonchev–Trinajstić information content (AvgIpc) is 3.20. The average molecular weight is 543 g/mol. The minimum absolute atomic E-state index is 0.0798. The molecule has 2 aromatic carbocycles. The Hall–Kier alpha value is -3.43. The van der Waals surface area contributed by atoms with Gasteiger partial charge in [-0.05, 0) is 55.5 Å². The van der Waals surface area contributed by atoms with Crippen molar-refractivity contribution in [3.8, 4) is 17.3 Å². The second-order valence-corrected chi connectivity index (χ2v) is 12.1. The van der Waals surface area contributed by atoms with Gasteiger partial charge in [-0.1, -0.05) is 42.5 Å². The Bertz CT molecular complexity index is 1630. The molecule has 2 aromatic heterocycles. The fraction of sp³-hybridized carbons (Fsp3) is 0.452. The van der Waals surface area contributed by atoms with Crippen LogP contribution in [0.15, 0.2) is 48.7 Å². The van der Waals surface area contributed by atoms with Crippen molar-refractivity contribution >= 4 is 27.5 Å². The van der Waals surface area contributed by atoms with Crippen LogP contribution in [0.5, 0.6) is 6.01 Å². The van der Waals surface area contributed by atoms with Gasteiger partial charge in [-0.25, -0.2) is 8.78 Å². The van der Waals surface area contributed by atoms with E-state index in [1.807, 2.05) is 42.5 Å². The smallest absolute Gasteiger partial charge is 0.319 e. The molecule has 3 saturated heterocycles. The zero-order valence-electron chi connectivity index (χ0n) is 22.3. The van der Waals surface area contributed by atoms with Gasteiger partial charge in [-0.15, -0.1) is 0 Å². The molecule has 0 radical (unpaired) electrons. The summed E-state index contributed by atoms with van der Waals surface area (Å²) < 4.78 is 36.9. The van der Waals surface area contributed by atoms with E-state index in [1.165, 1.54) is 6.42 Å². The second kappa shape index (κ2) is 9.04. The van der Waals surface area contributed by atoms with Crippen molar-refractivity contribution in [2.24, 2.45) is 5.92 Å². The van der Waals surface area contributed by atoms with Gasteiger partial charge in [0, 0.05) is 36.8 Å². The normalized spacial score (nSPS) is 29.1. The van der Waals surface area contributed by atoms with E-state index >= 15 is 4.39 Å². The van der Waals surface area contributed by atoms with Crippen molar-refractivity contribution in [2.75, 3.05) is 38.1 Å². The Morgan fingerprint density at radius 3 is 2.88 bits per heavy atom. The van der Waals surface area contributed by atoms with Gasteiger partial charge >= 0.3 is 6.01 Å². The number of fused-ring (bicyclic) bond motifs is 4. The molecule has 0 unspecified atom stereocenters. The Morgan fingerprint density at radius 2 is 2.00 bits per heavy atom. The first-order valence-electron chi connectivity index (χ1n) is 14.4. The van der Waals surface area contributed by atoms with Crippen molar-refractivity contribution in [2.45, 2.75) is 49.4 Å². The Morgan fingerprint density at radius 1 is 1.10 bits per heavy atom. The van der Waals surface area contributed by atoms with Crippen molar-refractivity contribution in [1.29, 1.82) is 0 Å². The fourth-order valence-corrected chi connectivity index (χ4v) is 7.49. The first-order valence-corrected chi connectivity index (χ1v) is 14.4. The van der Waals surface area contributed by atoms with Crippen molar-refractivity contribution in [1.82, 2.24) is 25.2 Å². The van der Waals surface area contributed by atoms with E-state index in [9.17, 15) is 4.39 Å². The predicted molar refractivity (Wildman–Crippen MR) is 151 cm³/mol. The molecule has 0 bridgehead atoms. The highest BCUT2D eigenvalue weighted by molar-refractivity contribution is 5.98. The van der Waals surface area contributed by atoms with Gasteiger partial charge in [-0.3, -0.25) is 9.88 Å². The molecular weight excluding hydrogens is 510 g/mol. The predicted octanol–water partition coefficient (Wildman–Crippen LogP) is 5.10. The summed E-state index contributed by atoms with van der Waals surface area (Å²) in [5.74, 6) is 0.677. The standard InChI is InChI=1S/C31H32F2N6O/c32-21-14-30(10-4-12-39(30)16-21)18-40-29-37-27-24(28(38-29)35-17-31-13-20(31)9-11-36-31)15-34-26(25(27)33)23-8-3-6-19-5-1-2-7-22(19)23/h1-3,5-8,15,20-21,36H,4,9-14,16-18H2,(H,35,37,38)/t20-,21-,30+,31-/m1/s1. The maximum absolute atomic E-state index is 16.4. The molecule has 9 heteroatoms. The van der Waals surface area contributed by atoms with E-state index in [1.54, 1.807) is 6.20 Å². The molecule has 2 N–H and O–H groups in total. The number of piperidine rings is 1. The minimum atomic E-state index is -0.852. The molecule has 7 nitrogen and oxygen atoms in total. The van der Waals surface area contributed by atoms with Gasteiger partial charge in [0.25, 0.3) is 0 Å². The Balaban J connectivity index is 1.19. The van der Waals surface area contributed by atoms with Crippen LogP contribution in [0.25, 0.3) is 32.9 Å². The lowest BCUT2D eigenvalue weighted by atomic mass is 9.95. The number of pyridine rings is 1. The first kappa shape index (κ1) is 24.4. The van der Waals surface area contributed by atoms with Crippen LogP contribution in [-0.4, -0.2) is 69.9 Å². The quantitative estimate of drug-likeness (QED) is 0.337. The third kappa shape index (κ3) is 3.85. The summed E-state index contributed by atoms with van der Waals surface area (Å²) >= 11 is 0. The van der Waals surface area contributed by atoms with Crippen molar-refractivity contribution in [3.05, 3.63) is 54.5 Å². The molecule has 4 aliphatic rings. The largest absolute Gasteiger partial charge is 0.461 e. The molecular formula is C31H32F2N6O. The number of benzene rings is 2. The third-order valence-corrected chi connectivity index (χ3v) is 9.71. The van der Waals surface area contributed by atoms with Crippen molar-refractivity contribution < 1.29 is 13.5 Å². The summed E-state index contributed by atoms with van der Waals surface area (Å²) in [6, 6.07) is 13.8. The number of anilines is 1. The summed E-state index contributed by atoms with van der Waals surface area (Å²) in [7, 11) is 0.